The Bertz CT molecular complexity index is 1190. The molecule has 0 radical (unpaired) electrons. The summed E-state index contributed by atoms with van der Waals surface area (Å²) in [5, 5.41) is 7.54. The third kappa shape index (κ3) is 8.18. The van der Waals surface area contributed by atoms with Crippen molar-refractivity contribution in [3.63, 3.8) is 0 Å². The molecule has 0 spiro atoms. The molecular formula is C31H36ClN3O3. The summed E-state index contributed by atoms with van der Waals surface area (Å²) < 4.78 is 5.49. The summed E-state index contributed by atoms with van der Waals surface area (Å²) in [6.07, 6.45) is 5.62. The summed E-state index contributed by atoms with van der Waals surface area (Å²) in [5.74, 6) is 0.295. The van der Waals surface area contributed by atoms with Crippen LogP contribution < -0.4 is 5.73 Å². The number of nitrogens with zero attached hydrogens (tertiary/aromatic N) is 1. The Morgan fingerprint density at radius 3 is 2.03 bits per heavy atom. The highest BCUT2D eigenvalue weighted by atomic mass is 35.5. The van der Waals surface area contributed by atoms with E-state index < -0.39 is 0 Å². The lowest BCUT2D eigenvalue weighted by molar-refractivity contribution is -0.145. The largest absolute Gasteiger partial charge is 0.465 e. The molecule has 4 rings (SSSR count). The summed E-state index contributed by atoms with van der Waals surface area (Å²) >= 11 is 0. The van der Waals surface area contributed by atoms with Crippen LogP contribution in [0.1, 0.15) is 60.0 Å². The standard InChI is InChI=1S/C31H35N3O3.ClH/c32-30(33)27-16-12-25(13-17-27)26-14-18-28(19-15-26)31(36)34(21-23-7-2-1-3-8-23)20-6-11-29(35)37-22-24-9-4-5-10-24;/h1-3,7-8,12-19,24H,4-6,9-11,20-22H2,(H3,32,33);1H. The first-order chi connectivity index (χ1) is 18.0. The first-order valence-electron chi connectivity index (χ1n) is 13.0. The fraction of sp³-hybridized carbons (Fsp3) is 0.323. The van der Waals surface area contributed by atoms with E-state index in [-0.39, 0.29) is 30.1 Å². The van der Waals surface area contributed by atoms with E-state index in [9.17, 15) is 9.59 Å². The SMILES string of the molecule is Cl.N=C(N)c1ccc(-c2ccc(C(=O)N(CCCC(=O)OCC3CCCC3)Cc3ccccc3)cc2)cc1. The first-order valence-corrected chi connectivity index (χ1v) is 13.0. The van der Waals surface area contributed by atoms with Gasteiger partial charge in [-0.15, -0.1) is 12.4 Å². The van der Waals surface area contributed by atoms with Gasteiger partial charge in [0.05, 0.1) is 6.61 Å². The van der Waals surface area contributed by atoms with E-state index in [2.05, 4.69) is 0 Å². The van der Waals surface area contributed by atoms with Crippen molar-refractivity contribution in [2.24, 2.45) is 11.7 Å². The molecular weight excluding hydrogens is 498 g/mol. The van der Waals surface area contributed by atoms with Crippen LogP contribution in [0.5, 0.6) is 0 Å². The fourth-order valence-electron chi connectivity index (χ4n) is 4.76. The van der Waals surface area contributed by atoms with E-state index in [0.717, 1.165) is 29.5 Å². The molecule has 3 aromatic carbocycles. The molecule has 38 heavy (non-hydrogen) atoms. The number of nitrogens with two attached hydrogens (primary N) is 1. The minimum atomic E-state index is -0.181. The van der Waals surface area contributed by atoms with Crippen molar-refractivity contribution in [2.45, 2.75) is 45.1 Å². The highest BCUT2D eigenvalue weighted by molar-refractivity contribution is 5.96. The van der Waals surface area contributed by atoms with Crippen LogP contribution in [-0.4, -0.2) is 35.8 Å². The van der Waals surface area contributed by atoms with Gasteiger partial charge < -0.3 is 15.4 Å². The van der Waals surface area contributed by atoms with Crippen molar-refractivity contribution < 1.29 is 14.3 Å². The van der Waals surface area contributed by atoms with Gasteiger partial charge in [-0.25, -0.2) is 0 Å². The van der Waals surface area contributed by atoms with Gasteiger partial charge in [-0.2, -0.15) is 0 Å². The van der Waals surface area contributed by atoms with Crippen LogP contribution in [0.25, 0.3) is 11.1 Å². The van der Waals surface area contributed by atoms with Gasteiger partial charge in [0.1, 0.15) is 5.84 Å². The highest BCUT2D eigenvalue weighted by Crippen LogP contribution is 2.25. The quantitative estimate of drug-likeness (QED) is 0.174. The lowest BCUT2D eigenvalue weighted by Crippen LogP contribution is -2.32. The fourth-order valence-corrected chi connectivity index (χ4v) is 4.76. The van der Waals surface area contributed by atoms with E-state index in [1.165, 1.54) is 12.8 Å². The average molecular weight is 534 g/mol. The Morgan fingerprint density at radius 1 is 0.868 bits per heavy atom. The van der Waals surface area contributed by atoms with Crippen molar-refractivity contribution >= 4 is 30.1 Å². The molecule has 0 saturated heterocycles. The molecule has 3 N–H and O–H groups in total. The molecule has 0 heterocycles. The third-order valence-electron chi connectivity index (χ3n) is 6.93. The number of esters is 1. The van der Waals surface area contributed by atoms with Gasteiger partial charge in [0.25, 0.3) is 5.91 Å². The predicted octanol–water partition coefficient (Wildman–Crippen LogP) is 6.22. The molecule has 0 aliphatic heterocycles. The minimum absolute atomic E-state index is 0. The molecule has 1 saturated carbocycles. The number of rotatable bonds is 11. The van der Waals surface area contributed by atoms with Crippen molar-refractivity contribution in [1.29, 1.82) is 5.41 Å². The number of nitrogen functional groups attached to an aromatic ring is 1. The van der Waals surface area contributed by atoms with Crippen LogP contribution in [0.3, 0.4) is 0 Å². The molecule has 3 aromatic rings. The number of amides is 1. The number of carbonyl (C=O) groups excluding carboxylic acids is 2. The van der Waals surface area contributed by atoms with E-state index in [4.69, 9.17) is 15.9 Å². The number of amidine groups is 1. The Labute approximate surface area is 231 Å². The molecule has 200 valence electrons. The van der Waals surface area contributed by atoms with E-state index >= 15 is 0 Å². The van der Waals surface area contributed by atoms with Crippen LogP contribution in [0.4, 0.5) is 0 Å². The molecule has 1 amide bonds. The van der Waals surface area contributed by atoms with Crippen LogP contribution in [-0.2, 0) is 16.1 Å². The number of halogens is 1. The molecule has 1 aliphatic carbocycles. The van der Waals surface area contributed by atoms with Crippen LogP contribution in [0.15, 0.2) is 78.9 Å². The Morgan fingerprint density at radius 2 is 1.45 bits per heavy atom. The van der Waals surface area contributed by atoms with E-state index in [1.807, 2.05) is 78.9 Å². The summed E-state index contributed by atoms with van der Waals surface area (Å²) in [7, 11) is 0. The number of hydrogen-bond donors (Lipinski definition) is 2. The summed E-state index contributed by atoms with van der Waals surface area (Å²) in [6.45, 7) is 1.47. The lowest BCUT2D eigenvalue weighted by Gasteiger charge is -2.23. The van der Waals surface area contributed by atoms with E-state index in [1.54, 1.807) is 4.90 Å². The zero-order valence-corrected chi connectivity index (χ0v) is 22.4. The van der Waals surface area contributed by atoms with Gasteiger partial charge in [0.15, 0.2) is 0 Å². The Kier molecular flexibility index (Phi) is 10.9. The average Bonchev–Trinajstić information content (AvgIpc) is 3.45. The highest BCUT2D eigenvalue weighted by Gasteiger charge is 2.19. The molecule has 0 unspecified atom stereocenters. The number of nitrogens with one attached hydrogen (secondary N) is 1. The Balaban J connectivity index is 0.00000400. The number of ether oxygens (including phenoxy) is 1. The van der Waals surface area contributed by atoms with E-state index in [0.29, 0.717) is 49.6 Å². The van der Waals surface area contributed by atoms with Crippen molar-refractivity contribution in [3.8, 4) is 11.1 Å². The van der Waals surface area contributed by atoms with Gasteiger partial charge in [-0.1, -0.05) is 79.6 Å². The molecule has 1 fully saturated rings. The van der Waals surface area contributed by atoms with Crippen molar-refractivity contribution in [2.75, 3.05) is 13.2 Å². The maximum atomic E-state index is 13.5. The second-order valence-electron chi connectivity index (χ2n) is 9.72. The van der Waals surface area contributed by atoms with Gasteiger partial charge >= 0.3 is 5.97 Å². The summed E-state index contributed by atoms with van der Waals surface area (Å²) in [5.41, 5.74) is 9.83. The van der Waals surface area contributed by atoms with Gasteiger partial charge in [-0.3, -0.25) is 15.0 Å². The van der Waals surface area contributed by atoms with Crippen molar-refractivity contribution in [3.05, 3.63) is 95.6 Å². The smallest absolute Gasteiger partial charge is 0.305 e. The molecule has 6 nitrogen and oxygen atoms in total. The zero-order valence-electron chi connectivity index (χ0n) is 21.6. The van der Waals surface area contributed by atoms with Crippen LogP contribution in [0, 0.1) is 11.3 Å². The third-order valence-corrected chi connectivity index (χ3v) is 6.93. The second-order valence-corrected chi connectivity index (χ2v) is 9.72. The lowest BCUT2D eigenvalue weighted by atomic mass is 10.0. The molecule has 0 atom stereocenters. The van der Waals surface area contributed by atoms with Gasteiger partial charge in [-0.05, 0) is 54.0 Å². The molecule has 7 heteroatoms. The number of carbonyl (C=O) groups is 2. The first kappa shape index (κ1) is 28.9. The second kappa shape index (κ2) is 14.3. The monoisotopic (exact) mass is 533 g/mol. The Hall–Kier alpha value is -3.64. The molecule has 0 bridgehead atoms. The molecule has 1 aliphatic rings. The topological polar surface area (TPSA) is 96.5 Å². The maximum Gasteiger partial charge on any atom is 0.305 e. The summed E-state index contributed by atoms with van der Waals surface area (Å²) in [6, 6.07) is 24.9. The van der Waals surface area contributed by atoms with Crippen LogP contribution in [0.2, 0.25) is 0 Å². The minimum Gasteiger partial charge on any atom is -0.465 e. The molecule has 0 aromatic heterocycles. The van der Waals surface area contributed by atoms with Crippen molar-refractivity contribution in [1.82, 2.24) is 4.90 Å². The predicted molar refractivity (Wildman–Crippen MR) is 153 cm³/mol. The number of hydrogen-bond acceptors (Lipinski definition) is 4. The van der Waals surface area contributed by atoms with Gasteiger partial charge in [0, 0.05) is 30.6 Å². The van der Waals surface area contributed by atoms with Gasteiger partial charge in [0.2, 0.25) is 0 Å². The zero-order chi connectivity index (χ0) is 26.0. The maximum absolute atomic E-state index is 13.5. The summed E-state index contributed by atoms with van der Waals surface area (Å²) in [4.78, 5) is 27.5. The number of benzene rings is 3. The normalized spacial score (nSPS) is 12.9. The van der Waals surface area contributed by atoms with Crippen LogP contribution >= 0.6 is 12.4 Å².